The molecule has 0 aromatic heterocycles. The van der Waals surface area contributed by atoms with Crippen LogP contribution in [0.4, 0.5) is 0 Å². The molecule has 1 radical (unpaired) electrons. The molecule has 2 rings (SSSR count). The van der Waals surface area contributed by atoms with Gasteiger partial charge in [0.15, 0.2) is 0 Å². The predicted octanol–water partition coefficient (Wildman–Crippen LogP) is 3.22. The van der Waals surface area contributed by atoms with Crippen LogP contribution >= 0.6 is 0 Å². The number of hydrogen-bond acceptors (Lipinski definition) is 1. The molecule has 0 aliphatic rings. The molecule has 2 aromatic rings. The van der Waals surface area contributed by atoms with Crippen molar-refractivity contribution in [2.24, 2.45) is 0 Å². The van der Waals surface area contributed by atoms with Gasteiger partial charge in [-0.25, -0.2) is 0 Å². The largest absolute Gasteiger partial charge is 0.198 e. The summed E-state index contributed by atoms with van der Waals surface area (Å²) in [6.45, 7) is 0. The summed E-state index contributed by atoms with van der Waals surface area (Å²) in [6.07, 6.45) is 0.465. The van der Waals surface area contributed by atoms with E-state index in [0.717, 1.165) is 16.7 Å². The third-order valence-electron chi connectivity index (χ3n) is 2.26. The van der Waals surface area contributed by atoms with Gasteiger partial charge in [-0.05, 0) is 22.8 Å². The van der Waals surface area contributed by atoms with Crippen LogP contribution in [0.2, 0.25) is 0 Å². The van der Waals surface area contributed by atoms with Crippen LogP contribution in [0.3, 0.4) is 0 Å². The van der Waals surface area contributed by atoms with Crippen molar-refractivity contribution in [2.45, 2.75) is 6.42 Å². The first-order valence-electron chi connectivity index (χ1n) is 4.82. The molecule has 0 heterocycles. The van der Waals surface area contributed by atoms with Crippen molar-refractivity contribution in [3.63, 3.8) is 0 Å². The fraction of sp³-hybridized carbons (Fsp3) is 0.0714. The fourth-order valence-electron chi connectivity index (χ4n) is 1.53. The van der Waals surface area contributed by atoms with Crippen molar-refractivity contribution in [3.05, 3.63) is 60.2 Å². The molecule has 1 nitrogen and oxygen atoms in total. The maximum atomic E-state index is 8.63. The van der Waals surface area contributed by atoms with Crippen molar-refractivity contribution in [1.29, 1.82) is 5.26 Å². The maximum Gasteiger partial charge on any atom is 0.0669 e. The normalized spacial score (nSPS) is 9.53. The van der Waals surface area contributed by atoms with Gasteiger partial charge in [-0.2, -0.15) is 5.26 Å². The Morgan fingerprint density at radius 3 is 2.60 bits per heavy atom. The zero-order valence-corrected chi connectivity index (χ0v) is 8.27. The molecule has 0 aliphatic carbocycles. The summed E-state index contributed by atoms with van der Waals surface area (Å²) in [5.74, 6) is 0. The highest BCUT2D eigenvalue weighted by Gasteiger charge is 1.97. The van der Waals surface area contributed by atoms with Gasteiger partial charge in [-0.1, -0.05) is 48.5 Å². The van der Waals surface area contributed by atoms with Gasteiger partial charge in [-0.3, -0.25) is 0 Å². The lowest BCUT2D eigenvalue weighted by Gasteiger charge is -2.02. The lowest BCUT2D eigenvalue weighted by Crippen LogP contribution is -1.83. The molecule has 0 saturated heterocycles. The molecule has 0 N–H and O–H groups in total. The summed E-state index contributed by atoms with van der Waals surface area (Å²) >= 11 is 0. The fourth-order valence-corrected chi connectivity index (χ4v) is 1.53. The predicted molar refractivity (Wildman–Crippen MR) is 60.0 cm³/mol. The lowest BCUT2D eigenvalue weighted by molar-refractivity contribution is 1.26. The molecular weight excluding hydrogens is 182 g/mol. The van der Waals surface area contributed by atoms with Crippen molar-refractivity contribution >= 4 is 0 Å². The van der Waals surface area contributed by atoms with E-state index in [0.29, 0.717) is 6.42 Å². The Balaban J connectivity index is 2.38. The molecule has 0 saturated carbocycles. The van der Waals surface area contributed by atoms with Crippen LogP contribution in [0.15, 0.2) is 48.5 Å². The van der Waals surface area contributed by atoms with Crippen LogP contribution in [0, 0.1) is 17.4 Å². The van der Waals surface area contributed by atoms with Gasteiger partial charge in [-0.15, -0.1) is 0 Å². The second-order valence-corrected chi connectivity index (χ2v) is 3.32. The molecule has 0 atom stereocenters. The van der Waals surface area contributed by atoms with Gasteiger partial charge in [0, 0.05) is 0 Å². The van der Waals surface area contributed by atoms with Crippen molar-refractivity contribution < 1.29 is 0 Å². The summed E-state index contributed by atoms with van der Waals surface area (Å²) in [5.41, 5.74) is 3.37. The van der Waals surface area contributed by atoms with E-state index in [1.807, 2.05) is 36.4 Å². The monoisotopic (exact) mass is 192 g/mol. The Labute approximate surface area is 89.6 Å². The van der Waals surface area contributed by atoms with Crippen LogP contribution in [0.25, 0.3) is 11.1 Å². The van der Waals surface area contributed by atoms with Gasteiger partial charge in [0.05, 0.1) is 12.5 Å². The third-order valence-corrected chi connectivity index (χ3v) is 2.26. The Morgan fingerprint density at radius 2 is 1.87 bits per heavy atom. The van der Waals surface area contributed by atoms with Gasteiger partial charge < -0.3 is 0 Å². The van der Waals surface area contributed by atoms with E-state index in [2.05, 4.69) is 24.3 Å². The van der Waals surface area contributed by atoms with Crippen LogP contribution in [-0.4, -0.2) is 0 Å². The van der Waals surface area contributed by atoms with Crippen LogP contribution in [-0.2, 0) is 6.42 Å². The minimum atomic E-state index is 0.465. The van der Waals surface area contributed by atoms with Crippen LogP contribution in [0.5, 0.6) is 0 Å². The highest BCUT2D eigenvalue weighted by molar-refractivity contribution is 5.63. The first kappa shape index (κ1) is 9.48. The average molecular weight is 192 g/mol. The summed E-state index contributed by atoms with van der Waals surface area (Å²) in [7, 11) is 0. The minimum Gasteiger partial charge on any atom is -0.198 e. The van der Waals surface area contributed by atoms with Crippen molar-refractivity contribution in [3.8, 4) is 17.2 Å². The average Bonchev–Trinajstić information content (AvgIpc) is 2.31. The Bertz CT molecular complexity index is 480. The van der Waals surface area contributed by atoms with E-state index >= 15 is 0 Å². The number of nitriles is 1. The van der Waals surface area contributed by atoms with E-state index in [1.165, 1.54) is 0 Å². The third kappa shape index (κ3) is 2.24. The van der Waals surface area contributed by atoms with E-state index in [9.17, 15) is 0 Å². The summed E-state index contributed by atoms with van der Waals surface area (Å²) in [6, 6.07) is 21.0. The summed E-state index contributed by atoms with van der Waals surface area (Å²) < 4.78 is 0. The molecule has 1 heteroatoms. The standard InChI is InChI=1S/C14H10N/c15-10-9-12-5-4-8-14(11-12)13-6-2-1-3-7-13/h2-8,11H,9H2. The Kier molecular flexibility index (Phi) is 2.80. The molecule has 15 heavy (non-hydrogen) atoms. The lowest BCUT2D eigenvalue weighted by atomic mass is 10.0. The molecule has 0 aliphatic heterocycles. The smallest absolute Gasteiger partial charge is 0.0669 e. The van der Waals surface area contributed by atoms with E-state index in [-0.39, 0.29) is 0 Å². The molecule has 0 amide bonds. The highest BCUT2D eigenvalue weighted by atomic mass is 14.2. The van der Waals surface area contributed by atoms with E-state index in [1.54, 1.807) is 0 Å². The van der Waals surface area contributed by atoms with Gasteiger partial charge in [0.25, 0.3) is 0 Å². The second-order valence-electron chi connectivity index (χ2n) is 3.32. The molecular formula is C14H10N. The van der Waals surface area contributed by atoms with Gasteiger partial charge in [0.2, 0.25) is 0 Å². The van der Waals surface area contributed by atoms with Gasteiger partial charge in [0.1, 0.15) is 0 Å². The quantitative estimate of drug-likeness (QED) is 0.716. The second kappa shape index (κ2) is 4.43. The molecule has 0 bridgehead atoms. The molecule has 2 aromatic carbocycles. The topological polar surface area (TPSA) is 23.8 Å². The number of benzene rings is 2. The Morgan fingerprint density at radius 1 is 1.07 bits per heavy atom. The van der Waals surface area contributed by atoms with Gasteiger partial charge >= 0.3 is 0 Å². The van der Waals surface area contributed by atoms with Crippen molar-refractivity contribution in [1.82, 2.24) is 0 Å². The summed E-state index contributed by atoms with van der Waals surface area (Å²) in [5, 5.41) is 8.63. The number of nitrogens with zero attached hydrogens (tertiary/aromatic N) is 1. The zero-order valence-electron chi connectivity index (χ0n) is 8.27. The van der Waals surface area contributed by atoms with Crippen LogP contribution < -0.4 is 0 Å². The Hall–Kier alpha value is -2.07. The van der Waals surface area contributed by atoms with E-state index in [4.69, 9.17) is 5.26 Å². The molecule has 0 unspecified atom stereocenters. The zero-order chi connectivity index (χ0) is 10.5. The minimum absolute atomic E-state index is 0.465. The first-order chi connectivity index (χ1) is 7.40. The molecule has 0 spiro atoms. The first-order valence-corrected chi connectivity index (χ1v) is 4.82. The number of hydrogen-bond donors (Lipinski definition) is 0. The van der Waals surface area contributed by atoms with E-state index < -0.39 is 0 Å². The molecule has 71 valence electrons. The van der Waals surface area contributed by atoms with Crippen molar-refractivity contribution in [2.75, 3.05) is 0 Å². The summed E-state index contributed by atoms with van der Waals surface area (Å²) in [4.78, 5) is 0. The van der Waals surface area contributed by atoms with Crippen LogP contribution in [0.1, 0.15) is 5.56 Å². The molecule has 0 fully saturated rings. The highest BCUT2D eigenvalue weighted by Crippen LogP contribution is 2.19. The number of rotatable bonds is 2. The maximum absolute atomic E-state index is 8.63. The SMILES string of the molecule is N#CCc1cccc(-c2cc[c]cc2)c1.